The fourth-order valence-corrected chi connectivity index (χ4v) is 0.938. The monoisotopic (exact) mass is 143 g/mol. The zero-order valence-corrected chi connectivity index (χ0v) is 6.89. The Hall–Kier alpha value is -0.370. The predicted molar refractivity (Wildman–Crippen MR) is 42.8 cm³/mol. The van der Waals surface area contributed by atoms with Gasteiger partial charge in [-0.2, -0.15) is 0 Å². The minimum atomic E-state index is 0.0949. The van der Waals surface area contributed by atoms with Crippen molar-refractivity contribution in [1.82, 2.24) is 0 Å². The number of hydrogen-bond acceptors (Lipinski definition) is 2. The topological polar surface area (TPSA) is 43.1 Å². The van der Waals surface area contributed by atoms with Crippen molar-refractivity contribution in [1.29, 1.82) is 0 Å². The lowest BCUT2D eigenvalue weighted by Crippen LogP contribution is -2.22. The highest BCUT2D eigenvalue weighted by atomic mass is 16.1. The largest absolute Gasteiger partial charge is 0.327 e. The van der Waals surface area contributed by atoms with Crippen LogP contribution < -0.4 is 5.73 Å². The van der Waals surface area contributed by atoms with Crippen LogP contribution in [0.5, 0.6) is 0 Å². The molecule has 10 heavy (non-hydrogen) atoms. The molecule has 0 aromatic rings. The number of carbonyl (C=O) groups excluding carboxylic acids is 1. The number of ketones is 1. The molecule has 0 heterocycles. The molecule has 0 bridgehead atoms. The first kappa shape index (κ1) is 9.63. The Morgan fingerprint density at radius 1 is 1.60 bits per heavy atom. The minimum absolute atomic E-state index is 0.0949. The number of rotatable bonds is 5. The van der Waals surface area contributed by atoms with Gasteiger partial charge in [0.05, 0.1) is 0 Å². The molecule has 0 aromatic heterocycles. The van der Waals surface area contributed by atoms with Gasteiger partial charge in [0.25, 0.3) is 0 Å². The van der Waals surface area contributed by atoms with Gasteiger partial charge < -0.3 is 5.73 Å². The summed E-state index contributed by atoms with van der Waals surface area (Å²) in [6.07, 6.45) is 3.82. The van der Waals surface area contributed by atoms with Crippen molar-refractivity contribution >= 4 is 5.78 Å². The molecule has 2 N–H and O–H groups in total. The number of carbonyl (C=O) groups is 1. The van der Waals surface area contributed by atoms with Crippen molar-refractivity contribution in [2.45, 2.75) is 45.6 Å². The van der Waals surface area contributed by atoms with Crippen LogP contribution in [0.3, 0.4) is 0 Å². The molecule has 0 fully saturated rings. The molecule has 2 nitrogen and oxygen atoms in total. The maximum Gasteiger partial charge on any atom is 0.131 e. The average molecular weight is 143 g/mol. The van der Waals surface area contributed by atoms with E-state index in [2.05, 4.69) is 6.92 Å². The summed E-state index contributed by atoms with van der Waals surface area (Å²) in [7, 11) is 0. The molecule has 60 valence electrons. The normalized spacial score (nSPS) is 13.1. The van der Waals surface area contributed by atoms with E-state index in [1.54, 1.807) is 6.92 Å². The predicted octanol–water partition coefficient (Wildman–Crippen LogP) is 1.48. The van der Waals surface area contributed by atoms with Gasteiger partial charge in [-0.15, -0.1) is 0 Å². The van der Waals surface area contributed by atoms with Crippen molar-refractivity contribution in [3.05, 3.63) is 0 Å². The standard InChI is InChI=1S/C8H17NO/c1-3-4-5-8(9)6-7(2)10/h8H,3-6,9H2,1-2H3/t8-/m0/s1. The van der Waals surface area contributed by atoms with Crippen LogP contribution in [-0.2, 0) is 4.79 Å². The van der Waals surface area contributed by atoms with Crippen molar-refractivity contribution < 1.29 is 4.79 Å². The molecule has 1 atom stereocenters. The first-order valence-electron chi connectivity index (χ1n) is 3.91. The van der Waals surface area contributed by atoms with Crippen LogP contribution in [-0.4, -0.2) is 11.8 Å². The molecule has 0 radical (unpaired) electrons. The first-order chi connectivity index (χ1) is 4.66. The van der Waals surface area contributed by atoms with Crippen LogP contribution in [0, 0.1) is 0 Å². The van der Waals surface area contributed by atoms with Crippen LogP contribution in [0.25, 0.3) is 0 Å². The number of Topliss-reactive ketones (excluding diaryl/α,β-unsaturated/α-hetero) is 1. The summed E-state index contributed by atoms with van der Waals surface area (Å²) in [5.74, 6) is 0.198. The molecule has 0 saturated heterocycles. The zero-order valence-electron chi connectivity index (χ0n) is 6.89. The number of unbranched alkanes of at least 4 members (excludes halogenated alkanes) is 1. The van der Waals surface area contributed by atoms with E-state index in [-0.39, 0.29) is 11.8 Å². The van der Waals surface area contributed by atoms with Crippen LogP contribution in [0.4, 0.5) is 0 Å². The third-order valence-corrected chi connectivity index (χ3v) is 1.48. The van der Waals surface area contributed by atoms with Gasteiger partial charge in [0.15, 0.2) is 0 Å². The fourth-order valence-electron chi connectivity index (χ4n) is 0.938. The van der Waals surface area contributed by atoms with Gasteiger partial charge in [-0.1, -0.05) is 19.8 Å². The SMILES string of the molecule is CCCC[C@H](N)CC(C)=O. The molecule has 0 spiro atoms. The van der Waals surface area contributed by atoms with Crippen LogP contribution in [0.1, 0.15) is 39.5 Å². The fraction of sp³-hybridized carbons (Fsp3) is 0.875. The third-order valence-electron chi connectivity index (χ3n) is 1.48. The van der Waals surface area contributed by atoms with Crippen LogP contribution in [0.2, 0.25) is 0 Å². The van der Waals surface area contributed by atoms with E-state index in [9.17, 15) is 4.79 Å². The Morgan fingerprint density at radius 3 is 2.60 bits per heavy atom. The highest BCUT2D eigenvalue weighted by Gasteiger charge is 2.03. The quantitative estimate of drug-likeness (QED) is 0.633. The van der Waals surface area contributed by atoms with Gasteiger partial charge in [0.2, 0.25) is 0 Å². The average Bonchev–Trinajstić information content (AvgIpc) is 1.82. The molecule has 0 aliphatic rings. The van der Waals surface area contributed by atoms with Crippen molar-refractivity contribution in [2.75, 3.05) is 0 Å². The molecule has 0 rings (SSSR count). The first-order valence-corrected chi connectivity index (χ1v) is 3.91. The van der Waals surface area contributed by atoms with E-state index in [1.807, 2.05) is 0 Å². The summed E-state index contributed by atoms with van der Waals surface area (Å²) in [6, 6.07) is 0.0949. The Labute approximate surface area is 62.8 Å². The molecule has 2 heteroatoms. The molecule has 0 unspecified atom stereocenters. The molecule has 0 aromatic carbocycles. The van der Waals surface area contributed by atoms with E-state index in [0.717, 1.165) is 19.3 Å². The number of nitrogens with two attached hydrogens (primary N) is 1. The van der Waals surface area contributed by atoms with Gasteiger partial charge >= 0.3 is 0 Å². The van der Waals surface area contributed by atoms with Crippen molar-refractivity contribution in [3.63, 3.8) is 0 Å². The summed E-state index contributed by atoms with van der Waals surface area (Å²) in [6.45, 7) is 3.71. The zero-order chi connectivity index (χ0) is 7.98. The van der Waals surface area contributed by atoms with Gasteiger partial charge in [-0.3, -0.25) is 4.79 Å². The van der Waals surface area contributed by atoms with Crippen LogP contribution >= 0.6 is 0 Å². The van der Waals surface area contributed by atoms with E-state index in [4.69, 9.17) is 5.73 Å². The van der Waals surface area contributed by atoms with Crippen molar-refractivity contribution in [2.24, 2.45) is 5.73 Å². The molecular formula is C8H17NO. The summed E-state index contributed by atoms with van der Waals surface area (Å²) < 4.78 is 0. The lowest BCUT2D eigenvalue weighted by atomic mass is 10.1. The summed E-state index contributed by atoms with van der Waals surface area (Å²) >= 11 is 0. The second kappa shape index (κ2) is 5.42. The van der Waals surface area contributed by atoms with E-state index in [1.165, 1.54) is 0 Å². The molecule has 0 amide bonds. The summed E-state index contributed by atoms with van der Waals surface area (Å²) in [5.41, 5.74) is 5.64. The molecular weight excluding hydrogens is 126 g/mol. The highest BCUT2D eigenvalue weighted by Crippen LogP contribution is 2.01. The highest BCUT2D eigenvalue weighted by molar-refractivity contribution is 5.76. The van der Waals surface area contributed by atoms with Gasteiger partial charge in [-0.25, -0.2) is 0 Å². The summed E-state index contributed by atoms with van der Waals surface area (Å²) in [5, 5.41) is 0. The Kier molecular flexibility index (Phi) is 5.22. The van der Waals surface area contributed by atoms with E-state index < -0.39 is 0 Å². The van der Waals surface area contributed by atoms with Crippen LogP contribution in [0.15, 0.2) is 0 Å². The Morgan fingerprint density at radius 2 is 2.20 bits per heavy atom. The smallest absolute Gasteiger partial charge is 0.131 e. The minimum Gasteiger partial charge on any atom is -0.327 e. The third kappa shape index (κ3) is 5.76. The maximum absolute atomic E-state index is 10.5. The second-order valence-electron chi connectivity index (χ2n) is 2.81. The molecule has 0 aliphatic heterocycles. The molecule has 0 aliphatic carbocycles. The Balaban J connectivity index is 3.25. The molecule has 0 saturated carbocycles. The van der Waals surface area contributed by atoms with Crippen molar-refractivity contribution in [3.8, 4) is 0 Å². The van der Waals surface area contributed by atoms with Gasteiger partial charge in [-0.05, 0) is 13.3 Å². The van der Waals surface area contributed by atoms with E-state index >= 15 is 0 Å². The summed E-state index contributed by atoms with van der Waals surface area (Å²) in [4.78, 5) is 10.5. The number of hydrogen-bond donors (Lipinski definition) is 1. The van der Waals surface area contributed by atoms with E-state index in [0.29, 0.717) is 6.42 Å². The lowest BCUT2D eigenvalue weighted by Gasteiger charge is -2.06. The van der Waals surface area contributed by atoms with Gasteiger partial charge in [0, 0.05) is 12.5 Å². The van der Waals surface area contributed by atoms with Gasteiger partial charge in [0.1, 0.15) is 5.78 Å². The Bertz CT molecular complexity index is 101. The lowest BCUT2D eigenvalue weighted by molar-refractivity contribution is -0.117. The second-order valence-corrected chi connectivity index (χ2v) is 2.81. The maximum atomic E-state index is 10.5.